The number of hydrogen-bond donors (Lipinski definition) is 0. The molecular formula is Cl5Ir-2. The maximum absolute atomic E-state index is 5.04. The van der Waals surface area contributed by atoms with Crippen molar-refractivity contribution in [2.24, 2.45) is 0 Å². The second-order valence-corrected chi connectivity index (χ2v) is 35.1. The van der Waals surface area contributed by atoms with Crippen molar-refractivity contribution in [2.75, 3.05) is 0 Å². The Kier molecular flexibility index (Phi) is 2.44. The summed E-state index contributed by atoms with van der Waals surface area (Å²) in [6, 6.07) is 0. The molecule has 0 aliphatic rings. The van der Waals surface area contributed by atoms with E-state index in [2.05, 4.69) is 0 Å². The molecule has 0 radical (unpaired) electrons. The molecule has 0 aromatic heterocycles. The van der Waals surface area contributed by atoms with Crippen molar-refractivity contribution in [2.45, 2.75) is 0 Å². The molecule has 0 saturated heterocycles. The molecule has 0 aliphatic carbocycles. The third-order valence-electron chi connectivity index (χ3n) is 0. The van der Waals surface area contributed by atoms with Gasteiger partial charge in [0.2, 0.25) is 0 Å². The van der Waals surface area contributed by atoms with Gasteiger partial charge in [0.15, 0.2) is 0 Å². The van der Waals surface area contributed by atoms with Crippen molar-refractivity contribution in [3.05, 3.63) is 0 Å². The Morgan fingerprint density at radius 2 is 0.667 bits per heavy atom. The minimum absolute atomic E-state index is 4.24. The third-order valence-corrected chi connectivity index (χ3v) is 0. The Morgan fingerprint density at radius 1 is 0.667 bits per heavy atom. The molecule has 0 aromatic carbocycles. The average molecular weight is 369 g/mol. The summed E-state index contributed by atoms with van der Waals surface area (Å²) in [5, 5.41) is 0. The van der Waals surface area contributed by atoms with Gasteiger partial charge in [0.1, 0.15) is 0 Å². The molecule has 0 bridgehead atoms. The summed E-state index contributed by atoms with van der Waals surface area (Å²) in [7, 11) is 21.0. The van der Waals surface area contributed by atoms with Gasteiger partial charge in [0.25, 0.3) is 0 Å². The monoisotopic (exact) mass is 368 g/mol. The molecule has 0 saturated carbocycles. The van der Waals surface area contributed by atoms with Gasteiger partial charge in [-0.05, 0) is 0 Å². The Bertz CT molecular complexity index is 37.1. The van der Waals surface area contributed by atoms with Crippen molar-refractivity contribution >= 4 is 47.9 Å². The molecule has 46 valence electrons. The fraction of sp³-hybridized carbons (Fsp3) is 0. The Labute approximate surface area is 56.4 Å². The van der Waals surface area contributed by atoms with E-state index >= 15 is 0 Å². The van der Waals surface area contributed by atoms with E-state index in [1.54, 1.807) is 0 Å². The predicted molar refractivity (Wildman–Crippen MR) is 29.3 cm³/mol. The van der Waals surface area contributed by atoms with Gasteiger partial charge in [0.05, 0.1) is 0 Å². The van der Waals surface area contributed by atoms with Gasteiger partial charge in [0, 0.05) is 0 Å². The van der Waals surface area contributed by atoms with Gasteiger partial charge in [-0.3, -0.25) is 0 Å². The van der Waals surface area contributed by atoms with Gasteiger partial charge in [-0.1, -0.05) is 0 Å². The van der Waals surface area contributed by atoms with E-state index < -0.39 is 9.02 Å². The Balaban J connectivity index is 3.73. The predicted octanol–water partition coefficient (Wildman–Crippen LogP) is 3.44. The SMILES string of the molecule is [Cl][Ir-2]([Cl])([Cl])([Cl])[Cl]. The molecule has 0 spiro atoms. The Morgan fingerprint density at radius 3 is 0.667 bits per heavy atom. The summed E-state index contributed by atoms with van der Waals surface area (Å²) in [5.74, 6) is 0. The molecule has 0 fully saturated rings. The van der Waals surface area contributed by atoms with Crippen LogP contribution in [-0.2, 0) is 9.02 Å². The van der Waals surface area contributed by atoms with Crippen LogP contribution in [0.5, 0.6) is 0 Å². The van der Waals surface area contributed by atoms with Crippen LogP contribution in [0, 0.1) is 0 Å². The van der Waals surface area contributed by atoms with E-state index in [-0.39, 0.29) is 0 Å². The molecule has 0 amide bonds. The van der Waals surface area contributed by atoms with E-state index in [9.17, 15) is 0 Å². The van der Waals surface area contributed by atoms with Crippen LogP contribution in [0.4, 0.5) is 0 Å². The summed E-state index contributed by atoms with van der Waals surface area (Å²) in [6.45, 7) is 0. The average Bonchev–Trinajstić information content (AvgIpc) is 0.650. The van der Waals surface area contributed by atoms with Crippen molar-refractivity contribution in [1.82, 2.24) is 0 Å². The molecule has 0 nitrogen and oxygen atoms in total. The van der Waals surface area contributed by atoms with E-state index in [4.69, 9.17) is 47.9 Å². The Hall–Kier alpha value is 2.10. The van der Waals surface area contributed by atoms with Crippen LogP contribution < -0.4 is 0 Å². The van der Waals surface area contributed by atoms with Gasteiger partial charge in [-0.15, -0.1) is 0 Å². The molecule has 0 atom stereocenters. The normalized spacial score (nSPS) is 19.2. The molecule has 0 aromatic rings. The number of halogens is 5. The van der Waals surface area contributed by atoms with Gasteiger partial charge >= 0.3 is 56.9 Å². The third kappa shape index (κ3) is 36.0. The standard InChI is InChI=1S/5ClH.Ir/h5*1H;/q;;;;;+3/p-5. The van der Waals surface area contributed by atoms with Crippen LogP contribution >= 0.6 is 47.9 Å². The summed E-state index contributed by atoms with van der Waals surface area (Å²) in [5.41, 5.74) is 0. The van der Waals surface area contributed by atoms with E-state index in [0.717, 1.165) is 0 Å². The van der Waals surface area contributed by atoms with E-state index in [0.29, 0.717) is 0 Å². The van der Waals surface area contributed by atoms with Crippen molar-refractivity contribution < 1.29 is 9.02 Å². The quantitative estimate of drug-likeness (QED) is 0.614. The van der Waals surface area contributed by atoms with E-state index in [1.165, 1.54) is 0 Å². The van der Waals surface area contributed by atoms with Gasteiger partial charge in [-0.2, -0.15) is 0 Å². The summed E-state index contributed by atoms with van der Waals surface area (Å²) in [4.78, 5) is 0. The molecule has 0 heterocycles. The number of rotatable bonds is 0. The van der Waals surface area contributed by atoms with Crippen LogP contribution in [0.25, 0.3) is 0 Å². The van der Waals surface area contributed by atoms with Crippen molar-refractivity contribution in [1.29, 1.82) is 0 Å². The topological polar surface area (TPSA) is 0 Å². The first kappa shape index (κ1) is 8.10. The fourth-order valence-electron chi connectivity index (χ4n) is 0. The van der Waals surface area contributed by atoms with E-state index in [1.807, 2.05) is 0 Å². The molecule has 0 N–H and O–H groups in total. The van der Waals surface area contributed by atoms with Crippen LogP contribution in [-0.4, -0.2) is 0 Å². The first-order valence-corrected chi connectivity index (χ1v) is 15.5. The number of hydrogen-bond acceptors (Lipinski definition) is 0. The van der Waals surface area contributed by atoms with Crippen molar-refractivity contribution in [3.8, 4) is 0 Å². The zero-order chi connectivity index (χ0) is 5.45. The second kappa shape index (κ2) is 1.80. The zero-order valence-electron chi connectivity index (χ0n) is 2.22. The van der Waals surface area contributed by atoms with Crippen LogP contribution in [0.15, 0.2) is 0 Å². The molecule has 0 aliphatic heterocycles. The summed E-state index contributed by atoms with van der Waals surface area (Å²) >= 11 is 0. The van der Waals surface area contributed by atoms with Crippen LogP contribution in [0.2, 0.25) is 0 Å². The van der Waals surface area contributed by atoms with Gasteiger partial charge < -0.3 is 0 Å². The molecule has 0 rings (SSSR count). The molecule has 0 unspecified atom stereocenters. The van der Waals surface area contributed by atoms with Crippen LogP contribution in [0.3, 0.4) is 0 Å². The fourth-order valence-corrected chi connectivity index (χ4v) is 0. The summed E-state index contributed by atoms with van der Waals surface area (Å²) < 4.78 is 0. The van der Waals surface area contributed by atoms with Crippen molar-refractivity contribution in [3.63, 3.8) is 0 Å². The van der Waals surface area contributed by atoms with Crippen LogP contribution in [0.1, 0.15) is 0 Å². The molecular weight excluding hydrogens is 369 g/mol. The zero-order valence-corrected chi connectivity index (χ0v) is 8.40. The first-order chi connectivity index (χ1) is 2.24. The maximum atomic E-state index is 5.04. The summed E-state index contributed by atoms with van der Waals surface area (Å²) in [6.07, 6.45) is 0. The second-order valence-electron chi connectivity index (χ2n) is 0.476. The molecule has 6 heavy (non-hydrogen) atoms. The minimum atomic E-state index is -4.24. The molecule has 6 heteroatoms. The van der Waals surface area contributed by atoms with Gasteiger partial charge in [-0.25, -0.2) is 0 Å². The first-order valence-electron chi connectivity index (χ1n) is 0.630.